The van der Waals surface area contributed by atoms with Gasteiger partial charge in [-0.05, 0) is 42.7 Å². The summed E-state index contributed by atoms with van der Waals surface area (Å²) in [4.78, 5) is 12.2. The molecule has 2 aromatic carbocycles. The first kappa shape index (κ1) is 19.1. The fourth-order valence-electron chi connectivity index (χ4n) is 2.65. The molecule has 5 nitrogen and oxygen atoms in total. The molecule has 0 bridgehead atoms. The first-order chi connectivity index (χ1) is 11.7. The molecule has 0 fully saturated rings. The van der Waals surface area contributed by atoms with Crippen molar-refractivity contribution < 1.29 is 13.2 Å². The molecule has 0 saturated carbocycles. The van der Waals surface area contributed by atoms with Crippen LogP contribution in [0.4, 0.5) is 5.69 Å². The number of hydrogen-bond acceptors (Lipinski definition) is 3. The number of sulfonamides is 1. The molecule has 0 aliphatic carbocycles. The van der Waals surface area contributed by atoms with Gasteiger partial charge >= 0.3 is 0 Å². The lowest BCUT2D eigenvalue weighted by molar-refractivity contribution is -0.116. The highest BCUT2D eigenvalue weighted by molar-refractivity contribution is 7.88. The van der Waals surface area contributed by atoms with Gasteiger partial charge in [0.25, 0.3) is 0 Å². The number of amides is 1. The number of nitrogens with zero attached hydrogens (tertiary/aromatic N) is 1. The number of benzene rings is 2. The molecule has 0 spiro atoms. The summed E-state index contributed by atoms with van der Waals surface area (Å²) in [7, 11) is -3.39. The second-order valence-corrected chi connectivity index (χ2v) is 8.24. The second-order valence-electron chi connectivity index (χ2n) is 6.26. The maximum absolute atomic E-state index is 12.2. The highest BCUT2D eigenvalue weighted by atomic mass is 32.2. The number of aryl methyl sites for hydroxylation is 2. The number of rotatable bonds is 7. The van der Waals surface area contributed by atoms with E-state index in [9.17, 15) is 13.2 Å². The summed E-state index contributed by atoms with van der Waals surface area (Å²) in [5.41, 5.74) is 3.76. The van der Waals surface area contributed by atoms with Crippen LogP contribution in [0.2, 0.25) is 0 Å². The molecule has 2 aromatic rings. The largest absolute Gasteiger partial charge is 0.326 e. The summed E-state index contributed by atoms with van der Waals surface area (Å²) in [6.45, 7) is 4.34. The van der Waals surface area contributed by atoms with E-state index in [0.717, 1.165) is 28.6 Å². The lowest BCUT2D eigenvalue weighted by Crippen LogP contribution is -2.32. The Morgan fingerprint density at radius 3 is 2.20 bits per heavy atom. The van der Waals surface area contributed by atoms with Crippen LogP contribution in [0.3, 0.4) is 0 Å². The van der Waals surface area contributed by atoms with Crippen molar-refractivity contribution in [3.05, 3.63) is 65.2 Å². The number of carbonyl (C=O) groups excluding carboxylic acids is 1. The van der Waals surface area contributed by atoms with Crippen LogP contribution < -0.4 is 5.32 Å². The zero-order valence-corrected chi connectivity index (χ0v) is 15.6. The van der Waals surface area contributed by atoms with Gasteiger partial charge in [-0.3, -0.25) is 4.79 Å². The molecule has 0 heterocycles. The standard InChI is InChI=1S/C19H24N2O3S/c1-15-11-16(2)13-18(12-15)20-19(22)9-10-21(25(3,23)24)14-17-7-5-4-6-8-17/h4-8,11-13H,9-10,14H2,1-3H3,(H,20,22). The predicted molar refractivity (Wildman–Crippen MR) is 101 cm³/mol. The Morgan fingerprint density at radius 2 is 1.64 bits per heavy atom. The van der Waals surface area contributed by atoms with E-state index >= 15 is 0 Å². The summed E-state index contributed by atoms with van der Waals surface area (Å²) in [5, 5.41) is 2.83. The highest BCUT2D eigenvalue weighted by Gasteiger charge is 2.18. The maximum atomic E-state index is 12.2. The smallest absolute Gasteiger partial charge is 0.225 e. The van der Waals surface area contributed by atoms with Gasteiger partial charge in [-0.15, -0.1) is 0 Å². The van der Waals surface area contributed by atoms with Gasteiger partial charge in [0.15, 0.2) is 0 Å². The van der Waals surface area contributed by atoms with Gasteiger partial charge in [-0.1, -0.05) is 36.4 Å². The number of nitrogens with one attached hydrogen (secondary N) is 1. The summed E-state index contributed by atoms with van der Waals surface area (Å²) in [6.07, 6.45) is 1.27. The fraction of sp³-hybridized carbons (Fsp3) is 0.316. The Balaban J connectivity index is 1.99. The molecule has 134 valence electrons. The monoisotopic (exact) mass is 360 g/mol. The summed E-state index contributed by atoms with van der Waals surface area (Å²) >= 11 is 0. The molecule has 25 heavy (non-hydrogen) atoms. The van der Waals surface area contributed by atoms with Gasteiger partial charge in [0.2, 0.25) is 15.9 Å². The van der Waals surface area contributed by atoms with Crippen molar-refractivity contribution in [2.24, 2.45) is 0 Å². The third kappa shape index (κ3) is 6.32. The molecule has 0 unspecified atom stereocenters. The molecule has 0 atom stereocenters. The topological polar surface area (TPSA) is 66.5 Å². The lowest BCUT2D eigenvalue weighted by Gasteiger charge is -2.20. The Hall–Kier alpha value is -2.18. The van der Waals surface area contributed by atoms with E-state index in [4.69, 9.17) is 0 Å². The normalized spacial score (nSPS) is 11.5. The SMILES string of the molecule is Cc1cc(C)cc(NC(=O)CCN(Cc2ccccc2)S(C)(=O)=O)c1. The van der Waals surface area contributed by atoms with E-state index in [2.05, 4.69) is 5.32 Å². The Kier molecular flexibility index (Phi) is 6.33. The Bertz CT molecular complexity index is 813. The second kappa shape index (κ2) is 8.27. The van der Waals surface area contributed by atoms with Gasteiger partial charge in [0, 0.05) is 25.2 Å². The van der Waals surface area contributed by atoms with Crippen LogP contribution in [-0.4, -0.2) is 31.4 Å². The van der Waals surface area contributed by atoms with Crippen molar-refractivity contribution in [3.8, 4) is 0 Å². The van der Waals surface area contributed by atoms with E-state index in [1.54, 1.807) is 0 Å². The molecule has 0 aliphatic heterocycles. The first-order valence-corrected chi connectivity index (χ1v) is 9.96. The lowest BCUT2D eigenvalue weighted by atomic mass is 10.1. The van der Waals surface area contributed by atoms with Crippen molar-refractivity contribution in [1.29, 1.82) is 0 Å². The fourth-order valence-corrected chi connectivity index (χ4v) is 3.45. The minimum Gasteiger partial charge on any atom is -0.326 e. The zero-order chi connectivity index (χ0) is 18.4. The molecule has 0 aromatic heterocycles. The van der Waals surface area contributed by atoms with E-state index in [-0.39, 0.29) is 25.4 Å². The molecular formula is C19H24N2O3S. The van der Waals surface area contributed by atoms with Gasteiger partial charge in [0.1, 0.15) is 0 Å². The molecule has 0 saturated heterocycles. The van der Waals surface area contributed by atoms with Crippen molar-refractivity contribution in [1.82, 2.24) is 4.31 Å². The summed E-state index contributed by atoms with van der Waals surface area (Å²) < 4.78 is 25.3. The molecule has 1 N–H and O–H groups in total. The Labute approximate surface area is 149 Å². The van der Waals surface area contributed by atoms with Crippen molar-refractivity contribution in [3.63, 3.8) is 0 Å². The van der Waals surface area contributed by atoms with E-state index in [1.165, 1.54) is 4.31 Å². The van der Waals surface area contributed by atoms with Gasteiger partial charge in [0.05, 0.1) is 6.26 Å². The third-order valence-corrected chi connectivity index (χ3v) is 5.01. The molecule has 1 amide bonds. The number of carbonyl (C=O) groups is 1. The van der Waals surface area contributed by atoms with Crippen LogP contribution in [0.1, 0.15) is 23.1 Å². The van der Waals surface area contributed by atoms with Crippen LogP contribution in [0.5, 0.6) is 0 Å². The van der Waals surface area contributed by atoms with Crippen LogP contribution >= 0.6 is 0 Å². The zero-order valence-electron chi connectivity index (χ0n) is 14.8. The van der Waals surface area contributed by atoms with Gasteiger partial charge in [-0.2, -0.15) is 4.31 Å². The average molecular weight is 360 g/mol. The van der Waals surface area contributed by atoms with Crippen LogP contribution in [0.15, 0.2) is 48.5 Å². The molecule has 0 radical (unpaired) electrons. The number of hydrogen-bond donors (Lipinski definition) is 1. The minimum absolute atomic E-state index is 0.104. The third-order valence-electron chi connectivity index (χ3n) is 3.76. The van der Waals surface area contributed by atoms with E-state index in [1.807, 2.05) is 62.4 Å². The summed E-state index contributed by atoms with van der Waals surface area (Å²) in [5.74, 6) is -0.202. The molecule has 0 aliphatic rings. The molecular weight excluding hydrogens is 336 g/mol. The Morgan fingerprint density at radius 1 is 1.04 bits per heavy atom. The van der Waals surface area contributed by atoms with Crippen LogP contribution in [0, 0.1) is 13.8 Å². The molecule has 2 rings (SSSR count). The predicted octanol–water partition coefficient (Wildman–Crippen LogP) is 3.09. The number of anilines is 1. The van der Waals surface area contributed by atoms with E-state index in [0.29, 0.717) is 0 Å². The van der Waals surface area contributed by atoms with Crippen molar-refractivity contribution in [2.75, 3.05) is 18.1 Å². The van der Waals surface area contributed by atoms with Gasteiger partial charge < -0.3 is 5.32 Å². The maximum Gasteiger partial charge on any atom is 0.225 e. The minimum atomic E-state index is -3.39. The van der Waals surface area contributed by atoms with Gasteiger partial charge in [-0.25, -0.2) is 8.42 Å². The van der Waals surface area contributed by atoms with Crippen LogP contribution in [-0.2, 0) is 21.4 Å². The highest BCUT2D eigenvalue weighted by Crippen LogP contribution is 2.14. The van der Waals surface area contributed by atoms with E-state index < -0.39 is 10.0 Å². The van der Waals surface area contributed by atoms with Crippen molar-refractivity contribution >= 4 is 21.6 Å². The summed E-state index contributed by atoms with van der Waals surface area (Å²) in [6, 6.07) is 15.2. The first-order valence-electron chi connectivity index (χ1n) is 8.11. The van der Waals surface area contributed by atoms with Crippen LogP contribution in [0.25, 0.3) is 0 Å². The quantitative estimate of drug-likeness (QED) is 0.825. The average Bonchev–Trinajstić information content (AvgIpc) is 2.50. The van der Waals surface area contributed by atoms with Crippen molar-refractivity contribution in [2.45, 2.75) is 26.8 Å². The molecule has 6 heteroatoms.